The standard InChI is InChI=1S/C24H27N5O4.C2H6.C2H4/c1-17(30)11-18-3-2-4-19(12-18)33-22-6-5-21-26-20(13-29(21)27-22)25-9-7-23(31)28-10-8-24(14-28)15-32-16-24;2*1-2/h2-6,12-13,25H,7-11,14-16H2,1H3;1-2H3;1-2H2. The molecule has 37 heavy (non-hydrogen) atoms. The summed E-state index contributed by atoms with van der Waals surface area (Å²) in [5.74, 6) is 1.96. The third-order valence-electron chi connectivity index (χ3n) is 6.12. The molecule has 198 valence electrons. The van der Waals surface area contributed by atoms with Crippen molar-refractivity contribution in [2.45, 2.75) is 40.0 Å². The molecule has 1 amide bonds. The molecule has 2 aliphatic heterocycles. The first-order valence-electron chi connectivity index (χ1n) is 12.7. The first-order chi connectivity index (χ1) is 18.0. The van der Waals surface area contributed by atoms with E-state index in [1.54, 1.807) is 23.7 Å². The minimum atomic E-state index is 0.101. The van der Waals surface area contributed by atoms with E-state index < -0.39 is 0 Å². The molecule has 0 atom stereocenters. The summed E-state index contributed by atoms with van der Waals surface area (Å²) in [5, 5.41) is 7.67. The molecule has 0 bridgehead atoms. The number of nitrogens with zero attached hydrogens (tertiary/aromatic N) is 4. The molecule has 4 heterocycles. The topological polar surface area (TPSA) is 98.1 Å². The molecule has 9 heteroatoms. The van der Waals surface area contributed by atoms with Crippen molar-refractivity contribution in [2.24, 2.45) is 5.41 Å². The molecule has 1 aromatic carbocycles. The van der Waals surface area contributed by atoms with E-state index in [4.69, 9.17) is 9.47 Å². The maximum atomic E-state index is 12.5. The Morgan fingerprint density at radius 2 is 1.97 bits per heavy atom. The second kappa shape index (κ2) is 13.0. The third kappa shape index (κ3) is 7.16. The lowest BCUT2D eigenvalue weighted by Crippen LogP contribution is -2.45. The highest BCUT2D eigenvalue weighted by atomic mass is 16.5. The summed E-state index contributed by atoms with van der Waals surface area (Å²) in [6.07, 6.45) is 3.60. The molecule has 0 radical (unpaired) electrons. The Kier molecular flexibility index (Phi) is 9.79. The fourth-order valence-electron chi connectivity index (χ4n) is 4.36. The zero-order valence-corrected chi connectivity index (χ0v) is 22.0. The van der Waals surface area contributed by atoms with Crippen LogP contribution in [0, 0.1) is 5.41 Å². The lowest BCUT2D eigenvalue weighted by Gasteiger charge is -2.37. The highest BCUT2D eigenvalue weighted by Crippen LogP contribution is 2.37. The van der Waals surface area contributed by atoms with Crippen LogP contribution < -0.4 is 10.1 Å². The minimum Gasteiger partial charge on any atom is -0.438 e. The van der Waals surface area contributed by atoms with E-state index in [-0.39, 0.29) is 17.1 Å². The molecule has 1 spiro atoms. The minimum absolute atomic E-state index is 0.101. The molecule has 5 rings (SSSR count). The predicted octanol–water partition coefficient (Wildman–Crippen LogP) is 4.53. The number of fused-ring (bicyclic) bond motifs is 1. The normalized spacial score (nSPS) is 15.2. The van der Waals surface area contributed by atoms with Gasteiger partial charge >= 0.3 is 0 Å². The number of ether oxygens (including phenoxy) is 2. The molecule has 2 aromatic heterocycles. The Morgan fingerprint density at radius 1 is 1.19 bits per heavy atom. The van der Waals surface area contributed by atoms with Crippen molar-refractivity contribution in [3.8, 4) is 11.6 Å². The second-order valence-electron chi connectivity index (χ2n) is 8.96. The first-order valence-corrected chi connectivity index (χ1v) is 12.7. The number of amides is 1. The maximum Gasteiger partial charge on any atom is 0.237 e. The number of likely N-dealkylation sites (tertiary alicyclic amines) is 1. The van der Waals surface area contributed by atoms with E-state index in [9.17, 15) is 9.59 Å². The quantitative estimate of drug-likeness (QED) is 0.447. The largest absolute Gasteiger partial charge is 0.438 e. The molecule has 0 saturated carbocycles. The van der Waals surface area contributed by atoms with Crippen molar-refractivity contribution in [3.63, 3.8) is 0 Å². The van der Waals surface area contributed by atoms with Crippen LogP contribution in [-0.4, -0.2) is 64.0 Å². The number of Topliss-reactive ketones (excluding diaryl/α,β-unsaturated/α-hetero) is 1. The van der Waals surface area contributed by atoms with Gasteiger partial charge in [0.25, 0.3) is 0 Å². The van der Waals surface area contributed by atoms with Gasteiger partial charge in [-0.05, 0) is 37.1 Å². The number of nitrogens with one attached hydrogen (secondary N) is 1. The molecular weight excluding hydrogens is 470 g/mol. The fourth-order valence-corrected chi connectivity index (χ4v) is 4.36. The van der Waals surface area contributed by atoms with Crippen molar-refractivity contribution in [2.75, 3.05) is 38.2 Å². The van der Waals surface area contributed by atoms with Crippen molar-refractivity contribution in [1.82, 2.24) is 19.5 Å². The summed E-state index contributed by atoms with van der Waals surface area (Å²) in [6.45, 7) is 15.3. The van der Waals surface area contributed by atoms with Gasteiger partial charge < -0.3 is 19.7 Å². The molecule has 2 fully saturated rings. The van der Waals surface area contributed by atoms with Crippen molar-refractivity contribution in [3.05, 3.63) is 61.3 Å². The van der Waals surface area contributed by atoms with Crippen LogP contribution in [0.4, 0.5) is 5.82 Å². The van der Waals surface area contributed by atoms with Gasteiger partial charge in [0.2, 0.25) is 11.8 Å². The average molecular weight is 508 g/mol. The second-order valence-corrected chi connectivity index (χ2v) is 8.96. The lowest BCUT2D eigenvalue weighted by molar-refractivity contribution is -0.134. The summed E-state index contributed by atoms with van der Waals surface area (Å²) in [7, 11) is 0. The van der Waals surface area contributed by atoms with Gasteiger partial charge in [0.05, 0.1) is 19.4 Å². The molecule has 0 unspecified atom stereocenters. The van der Waals surface area contributed by atoms with Crippen LogP contribution in [0.3, 0.4) is 0 Å². The number of imidazole rings is 1. The van der Waals surface area contributed by atoms with Gasteiger partial charge in [-0.3, -0.25) is 9.59 Å². The molecule has 1 N–H and O–H groups in total. The predicted molar refractivity (Wildman–Crippen MR) is 144 cm³/mol. The number of benzene rings is 1. The van der Waals surface area contributed by atoms with E-state index in [0.29, 0.717) is 42.5 Å². The SMILES string of the molecule is C=C.CC.CC(=O)Cc1cccc(Oc2ccc3nc(NCCC(=O)N4CCC5(COC5)C4)cn3n2)c1. The molecule has 2 aliphatic rings. The molecule has 9 nitrogen and oxygen atoms in total. The number of ketones is 1. The van der Waals surface area contributed by atoms with Crippen LogP contribution in [0.5, 0.6) is 11.6 Å². The summed E-state index contributed by atoms with van der Waals surface area (Å²) >= 11 is 0. The Hall–Kier alpha value is -3.72. The number of hydrogen-bond donors (Lipinski definition) is 1. The van der Waals surface area contributed by atoms with Gasteiger partial charge in [0.1, 0.15) is 17.4 Å². The zero-order chi connectivity index (χ0) is 26.8. The number of anilines is 1. The van der Waals surface area contributed by atoms with E-state index in [1.165, 1.54) is 0 Å². The Morgan fingerprint density at radius 3 is 2.65 bits per heavy atom. The molecule has 0 aliphatic carbocycles. The Bertz CT molecular complexity index is 1200. The van der Waals surface area contributed by atoms with Crippen LogP contribution in [0.25, 0.3) is 5.65 Å². The van der Waals surface area contributed by atoms with Gasteiger partial charge in [0, 0.05) is 44.0 Å². The molecule has 3 aromatic rings. The van der Waals surface area contributed by atoms with E-state index in [1.807, 2.05) is 49.1 Å². The van der Waals surface area contributed by atoms with Gasteiger partial charge in [-0.15, -0.1) is 18.3 Å². The van der Waals surface area contributed by atoms with E-state index in [0.717, 1.165) is 38.3 Å². The van der Waals surface area contributed by atoms with Gasteiger partial charge in [-0.25, -0.2) is 9.50 Å². The van der Waals surface area contributed by atoms with Gasteiger partial charge in [-0.2, -0.15) is 0 Å². The summed E-state index contributed by atoms with van der Waals surface area (Å²) in [4.78, 5) is 30.3. The third-order valence-corrected chi connectivity index (χ3v) is 6.12. The highest BCUT2D eigenvalue weighted by molar-refractivity contribution is 5.78. The summed E-state index contributed by atoms with van der Waals surface area (Å²) in [5.41, 5.74) is 1.79. The number of carbonyl (C=O) groups excluding carboxylic acids is 2. The van der Waals surface area contributed by atoms with E-state index in [2.05, 4.69) is 28.6 Å². The van der Waals surface area contributed by atoms with Crippen LogP contribution in [0.1, 0.15) is 39.2 Å². The lowest BCUT2D eigenvalue weighted by atomic mass is 9.85. The van der Waals surface area contributed by atoms with Crippen molar-refractivity contribution in [1.29, 1.82) is 0 Å². The van der Waals surface area contributed by atoms with Crippen molar-refractivity contribution >= 4 is 23.2 Å². The van der Waals surface area contributed by atoms with Crippen LogP contribution in [-0.2, 0) is 20.7 Å². The van der Waals surface area contributed by atoms with Crippen molar-refractivity contribution < 1.29 is 19.1 Å². The summed E-state index contributed by atoms with van der Waals surface area (Å²) < 4.78 is 12.8. The average Bonchev–Trinajstić information content (AvgIpc) is 3.51. The number of aromatic nitrogens is 3. The summed E-state index contributed by atoms with van der Waals surface area (Å²) in [6, 6.07) is 11.0. The highest BCUT2D eigenvalue weighted by Gasteiger charge is 2.45. The zero-order valence-electron chi connectivity index (χ0n) is 22.0. The number of carbonyl (C=O) groups is 2. The molecule has 2 saturated heterocycles. The Balaban J connectivity index is 0.000000907. The van der Waals surface area contributed by atoms with Gasteiger partial charge in [0.15, 0.2) is 5.65 Å². The molecular formula is C28H37N5O4. The van der Waals surface area contributed by atoms with Crippen LogP contribution >= 0.6 is 0 Å². The number of hydrogen-bond acceptors (Lipinski definition) is 7. The van der Waals surface area contributed by atoms with Gasteiger partial charge in [-0.1, -0.05) is 26.0 Å². The van der Waals surface area contributed by atoms with E-state index >= 15 is 0 Å². The number of rotatable bonds is 8. The monoisotopic (exact) mass is 507 g/mol. The Labute approximate surface area is 218 Å². The smallest absolute Gasteiger partial charge is 0.237 e. The van der Waals surface area contributed by atoms with Crippen LogP contribution in [0.2, 0.25) is 0 Å². The first kappa shape index (κ1) is 27.9. The fraction of sp³-hybridized carbons (Fsp3) is 0.429. The maximum absolute atomic E-state index is 12.5. The van der Waals surface area contributed by atoms with Crippen LogP contribution in [0.15, 0.2) is 55.8 Å².